The van der Waals surface area contributed by atoms with Gasteiger partial charge < -0.3 is 19.7 Å². The summed E-state index contributed by atoms with van der Waals surface area (Å²) in [6.45, 7) is 2.22. The van der Waals surface area contributed by atoms with Crippen LogP contribution < -0.4 is 19.1 Å². The van der Waals surface area contributed by atoms with E-state index in [-0.39, 0.29) is 37.7 Å². The van der Waals surface area contributed by atoms with Crippen LogP contribution in [0.1, 0.15) is 31.7 Å². The maximum Gasteiger partial charge on any atom is 0.242 e. The number of ether oxygens (including phenoxy) is 2. The van der Waals surface area contributed by atoms with Crippen molar-refractivity contribution in [1.29, 1.82) is 0 Å². The molecule has 10 heteroatoms. The maximum atomic E-state index is 13.3. The number of hydrogen-bond donors (Lipinski definition) is 1. The highest BCUT2D eigenvalue weighted by Crippen LogP contribution is 2.24. The zero-order valence-corrected chi connectivity index (χ0v) is 21.8. The Labute approximate surface area is 208 Å². The lowest BCUT2D eigenvalue weighted by Crippen LogP contribution is -2.48. The van der Waals surface area contributed by atoms with Crippen molar-refractivity contribution in [1.82, 2.24) is 10.2 Å². The smallest absolute Gasteiger partial charge is 0.242 e. The predicted molar refractivity (Wildman–Crippen MR) is 136 cm³/mol. The molecule has 0 aliphatic carbocycles. The second kappa shape index (κ2) is 13.0. The van der Waals surface area contributed by atoms with E-state index in [4.69, 9.17) is 9.47 Å². The highest BCUT2D eigenvalue weighted by molar-refractivity contribution is 7.92. The first-order valence-corrected chi connectivity index (χ1v) is 13.2. The molecule has 1 N–H and O–H groups in total. The Balaban J connectivity index is 2.19. The van der Waals surface area contributed by atoms with Gasteiger partial charge in [0.15, 0.2) is 0 Å². The number of methoxy groups -OCH3 is 2. The summed E-state index contributed by atoms with van der Waals surface area (Å²) in [5, 5.41) is 2.63. The van der Waals surface area contributed by atoms with Gasteiger partial charge in [0, 0.05) is 32.6 Å². The van der Waals surface area contributed by atoms with Gasteiger partial charge in [0.25, 0.3) is 0 Å². The lowest BCUT2D eigenvalue weighted by Gasteiger charge is -2.31. The van der Waals surface area contributed by atoms with Crippen LogP contribution >= 0.6 is 0 Å². The average Bonchev–Trinajstić information content (AvgIpc) is 2.85. The van der Waals surface area contributed by atoms with E-state index in [1.165, 1.54) is 11.4 Å². The number of nitrogens with zero attached hydrogens (tertiary/aromatic N) is 2. The zero-order valence-electron chi connectivity index (χ0n) is 21.0. The van der Waals surface area contributed by atoms with Crippen LogP contribution in [-0.4, -0.2) is 65.2 Å². The van der Waals surface area contributed by atoms with Crippen LogP contribution in [0.2, 0.25) is 0 Å². The fourth-order valence-electron chi connectivity index (χ4n) is 3.78. The molecular formula is C25H35N3O6S. The molecule has 0 radical (unpaired) electrons. The number of hydrogen-bond acceptors (Lipinski definition) is 6. The maximum absolute atomic E-state index is 13.3. The van der Waals surface area contributed by atoms with Gasteiger partial charge >= 0.3 is 0 Å². The molecule has 0 saturated carbocycles. The Hall–Kier alpha value is -3.27. The number of carbonyl (C=O) groups is 2. The van der Waals surface area contributed by atoms with E-state index in [1.54, 1.807) is 55.5 Å². The third kappa shape index (κ3) is 7.88. The van der Waals surface area contributed by atoms with Crippen LogP contribution in [0.4, 0.5) is 5.69 Å². The number of amides is 2. The number of nitrogens with one attached hydrogen (secondary N) is 1. The third-order valence-electron chi connectivity index (χ3n) is 5.64. The summed E-state index contributed by atoms with van der Waals surface area (Å²) < 4.78 is 36.5. The molecule has 9 nitrogen and oxygen atoms in total. The normalized spacial score (nSPS) is 11.9. The van der Waals surface area contributed by atoms with Gasteiger partial charge in [-0.15, -0.1) is 0 Å². The molecule has 1 atom stereocenters. The third-order valence-corrected chi connectivity index (χ3v) is 6.83. The number of benzene rings is 2. The quantitative estimate of drug-likeness (QED) is 0.449. The molecule has 35 heavy (non-hydrogen) atoms. The molecule has 0 fully saturated rings. The minimum atomic E-state index is -3.58. The summed E-state index contributed by atoms with van der Waals surface area (Å²) in [5.74, 6) is 0.761. The number of anilines is 1. The number of likely N-dealkylation sites (N-methyl/N-ethyl adjacent to an activating group) is 1. The van der Waals surface area contributed by atoms with Gasteiger partial charge in [-0.25, -0.2) is 8.42 Å². The molecule has 192 valence electrons. The molecule has 0 aromatic heterocycles. The zero-order chi connectivity index (χ0) is 26.0. The van der Waals surface area contributed by atoms with Crippen LogP contribution in [0, 0.1) is 0 Å². The average molecular weight is 506 g/mol. The van der Waals surface area contributed by atoms with Crippen molar-refractivity contribution in [3.05, 3.63) is 54.1 Å². The fourth-order valence-corrected chi connectivity index (χ4v) is 4.74. The molecule has 1 unspecified atom stereocenters. The predicted octanol–water partition coefficient (Wildman–Crippen LogP) is 2.80. The summed E-state index contributed by atoms with van der Waals surface area (Å²) >= 11 is 0. The van der Waals surface area contributed by atoms with Crippen LogP contribution in [0.25, 0.3) is 0 Å². The Bertz CT molecular complexity index is 1090. The van der Waals surface area contributed by atoms with Gasteiger partial charge in [-0.3, -0.25) is 13.9 Å². The van der Waals surface area contributed by atoms with E-state index < -0.39 is 16.1 Å². The van der Waals surface area contributed by atoms with E-state index in [9.17, 15) is 18.0 Å². The number of rotatable bonds is 13. The van der Waals surface area contributed by atoms with Gasteiger partial charge in [-0.1, -0.05) is 25.1 Å². The Morgan fingerprint density at radius 3 is 2.23 bits per heavy atom. The Kier molecular flexibility index (Phi) is 10.4. The molecular weight excluding hydrogens is 470 g/mol. The highest BCUT2D eigenvalue weighted by atomic mass is 32.2. The SMILES string of the molecule is CCC(C(=O)NC)N(Cc1ccc(OC)cc1)C(=O)CCCN(c1cccc(OC)c1)S(C)(=O)=O. The van der Waals surface area contributed by atoms with E-state index in [0.29, 0.717) is 23.6 Å². The summed E-state index contributed by atoms with van der Waals surface area (Å²) in [6.07, 6.45) is 1.94. The Morgan fingerprint density at radius 2 is 1.69 bits per heavy atom. The van der Waals surface area contributed by atoms with Crippen molar-refractivity contribution < 1.29 is 27.5 Å². The van der Waals surface area contributed by atoms with Crippen molar-refractivity contribution in [3.8, 4) is 11.5 Å². The molecule has 2 rings (SSSR count). The van der Waals surface area contributed by atoms with E-state index in [0.717, 1.165) is 11.8 Å². The second-order valence-electron chi connectivity index (χ2n) is 8.05. The van der Waals surface area contributed by atoms with Crippen molar-refractivity contribution >= 4 is 27.5 Å². The largest absolute Gasteiger partial charge is 0.497 e. The lowest BCUT2D eigenvalue weighted by atomic mass is 10.1. The summed E-state index contributed by atoms with van der Waals surface area (Å²) in [7, 11) is 1.05. The van der Waals surface area contributed by atoms with Gasteiger partial charge in [-0.05, 0) is 42.7 Å². The molecule has 0 aliphatic heterocycles. The first-order valence-electron chi connectivity index (χ1n) is 11.4. The first kappa shape index (κ1) is 28.0. The van der Waals surface area contributed by atoms with Gasteiger partial charge in [-0.2, -0.15) is 0 Å². The topological polar surface area (TPSA) is 105 Å². The number of sulfonamides is 1. The van der Waals surface area contributed by atoms with Gasteiger partial charge in [0.05, 0.1) is 26.2 Å². The van der Waals surface area contributed by atoms with Crippen molar-refractivity contribution in [2.24, 2.45) is 0 Å². The Morgan fingerprint density at radius 1 is 1.03 bits per heavy atom. The van der Waals surface area contributed by atoms with Crippen LogP contribution in [-0.2, 0) is 26.2 Å². The van der Waals surface area contributed by atoms with E-state index >= 15 is 0 Å². The molecule has 2 amide bonds. The lowest BCUT2D eigenvalue weighted by molar-refractivity contribution is -0.141. The highest BCUT2D eigenvalue weighted by Gasteiger charge is 2.28. The van der Waals surface area contributed by atoms with Gasteiger partial charge in [0.1, 0.15) is 17.5 Å². The fraction of sp³-hybridized carbons (Fsp3) is 0.440. The van der Waals surface area contributed by atoms with E-state index in [2.05, 4.69) is 5.32 Å². The molecule has 0 heterocycles. The van der Waals surface area contributed by atoms with Crippen molar-refractivity contribution in [2.75, 3.05) is 38.4 Å². The summed E-state index contributed by atoms with van der Waals surface area (Å²) in [6, 6.07) is 13.4. The molecule has 2 aromatic carbocycles. The minimum Gasteiger partial charge on any atom is -0.497 e. The molecule has 2 aromatic rings. The standard InChI is InChI=1S/C25H35N3O6S/c1-6-23(25(30)26-2)27(18-19-12-14-21(33-3)15-13-19)24(29)11-8-16-28(35(5,31)32)20-9-7-10-22(17-20)34-4/h7,9-10,12-15,17,23H,6,8,11,16,18H2,1-5H3,(H,26,30). The molecule has 0 spiro atoms. The van der Waals surface area contributed by atoms with Gasteiger partial charge in [0.2, 0.25) is 21.8 Å². The van der Waals surface area contributed by atoms with Crippen molar-refractivity contribution in [2.45, 2.75) is 38.8 Å². The number of carbonyl (C=O) groups excluding carboxylic acids is 2. The van der Waals surface area contributed by atoms with Crippen LogP contribution in [0.15, 0.2) is 48.5 Å². The summed E-state index contributed by atoms with van der Waals surface area (Å²) in [4.78, 5) is 27.4. The second-order valence-corrected chi connectivity index (χ2v) is 9.95. The monoisotopic (exact) mass is 505 g/mol. The first-order chi connectivity index (χ1) is 16.6. The van der Waals surface area contributed by atoms with Crippen molar-refractivity contribution in [3.63, 3.8) is 0 Å². The minimum absolute atomic E-state index is 0.0830. The van der Waals surface area contributed by atoms with Crippen LogP contribution in [0.3, 0.4) is 0 Å². The summed E-state index contributed by atoms with van der Waals surface area (Å²) in [5.41, 5.74) is 1.32. The van der Waals surface area contributed by atoms with Crippen LogP contribution in [0.5, 0.6) is 11.5 Å². The molecule has 0 saturated heterocycles. The molecule has 0 aliphatic rings. The molecule has 0 bridgehead atoms. The van der Waals surface area contributed by atoms with E-state index in [1.807, 2.05) is 19.1 Å².